The van der Waals surface area contributed by atoms with Crippen molar-refractivity contribution in [2.45, 2.75) is 6.42 Å². The number of benzene rings is 1. The molecule has 4 heteroatoms. The minimum atomic E-state index is -1.22. The van der Waals surface area contributed by atoms with Crippen LogP contribution in [0.3, 0.4) is 0 Å². The third-order valence-electron chi connectivity index (χ3n) is 1.76. The fraction of sp³-hybridized carbons (Fsp3) is 0.200. The van der Waals surface area contributed by atoms with Crippen LogP contribution in [0.15, 0.2) is 24.3 Å². The molecule has 0 spiro atoms. The number of carbonyl (C=O) groups is 2. The number of carboxylic acids is 1. The second-order valence-electron chi connectivity index (χ2n) is 2.70. The first-order valence-corrected chi connectivity index (χ1v) is 4.01. The first-order valence-electron chi connectivity index (χ1n) is 4.01. The highest BCUT2D eigenvalue weighted by molar-refractivity contribution is 5.92. The molecule has 0 aliphatic carbocycles. The van der Waals surface area contributed by atoms with Gasteiger partial charge in [-0.1, -0.05) is 18.2 Å². The lowest BCUT2D eigenvalue weighted by Crippen LogP contribution is -2.25. The molecule has 0 aromatic heterocycles. The lowest BCUT2D eigenvalue weighted by Gasteiger charge is -2.07. The molecule has 1 rings (SSSR count). The van der Waals surface area contributed by atoms with Crippen molar-refractivity contribution in [1.29, 1.82) is 0 Å². The molecule has 0 saturated heterocycles. The molecule has 0 fully saturated rings. The second-order valence-corrected chi connectivity index (χ2v) is 2.70. The van der Waals surface area contributed by atoms with E-state index in [1.807, 2.05) is 0 Å². The Bertz CT molecular complexity index is 357. The van der Waals surface area contributed by atoms with Crippen molar-refractivity contribution < 1.29 is 19.4 Å². The summed E-state index contributed by atoms with van der Waals surface area (Å²) in [5, 5.41) is 10.4. The van der Waals surface area contributed by atoms with E-state index in [2.05, 4.69) is 4.74 Å². The second kappa shape index (κ2) is 4.41. The van der Waals surface area contributed by atoms with Gasteiger partial charge >= 0.3 is 5.97 Å². The third kappa shape index (κ3) is 2.32. The third-order valence-corrected chi connectivity index (χ3v) is 1.76. The number of ether oxygens (including phenoxy) is 1. The molecule has 0 aliphatic rings. The van der Waals surface area contributed by atoms with Gasteiger partial charge in [0.2, 0.25) is 0 Å². The van der Waals surface area contributed by atoms with Crippen LogP contribution in [0.4, 0.5) is 0 Å². The fourth-order valence-electron chi connectivity index (χ4n) is 1.14. The van der Waals surface area contributed by atoms with Crippen LogP contribution in [0.25, 0.3) is 0 Å². The van der Waals surface area contributed by atoms with Gasteiger partial charge in [-0.15, -0.1) is 0 Å². The molecule has 0 amide bonds. The first-order chi connectivity index (χ1) is 6.65. The summed E-state index contributed by atoms with van der Waals surface area (Å²) in [6, 6.07) is 6.38. The molecule has 4 nitrogen and oxygen atoms in total. The van der Waals surface area contributed by atoms with Gasteiger partial charge in [0.25, 0.3) is 0 Å². The maximum atomic E-state index is 11.2. The van der Waals surface area contributed by atoms with Crippen molar-refractivity contribution in [1.82, 2.24) is 0 Å². The predicted molar refractivity (Wildman–Crippen MR) is 46.5 cm³/mol. The van der Waals surface area contributed by atoms with E-state index < -0.39 is 11.9 Å². The van der Waals surface area contributed by atoms with Crippen molar-refractivity contribution in [3.8, 4) is 0 Å². The summed E-state index contributed by atoms with van der Waals surface area (Å²) in [7, 11) is 1.25. The molecule has 0 unspecified atom stereocenters. The zero-order chi connectivity index (χ0) is 10.6. The van der Waals surface area contributed by atoms with Gasteiger partial charge in [0.15, 0.2) is 0 Å². The first kappa shape index (κ1) is 10.2. The van der Waals surface area contributed by atoms with Gasteiger partial charge in [-0.3, -0.25) is 0 Å². The zero-order valence-electron chi connectivity index (χ0n) is 7.65. The fourth-order valence-corrected chi connectivity index (χ4v) is 1.14. The maximum Gasteiger partial charge on any atom is 0.338 e. The van der Waals surface area contributed by atoms with E-state index in [1.165, 1.54) is 13.2 Å². The Morgan fingerprint density at radius 3 is 2.57 bits per heavy atom. The van der Waals surface area contributed by atoms with Crippen LogP contribution < -0.4 is 5.11 Å². The summed E-state index contributed by atoms with van der Waals surface area (Å²) in [6.07, 6.45) is -0.286. The molecule has 14 heavy (non-hydrogen) atoms. The van der Waals surface area contributed by atoms with Crippen molar-refractivity contribution in [3.63, 3.8) is 0 Å². The zero-order valence-corrected chi connectivity index (χ0v) is 7.65. The number of carbonyl (C=O) groups excluding carboxylic acids is 2. The van der Waals surface area contributed by atoms with Crippen molar-refractivity contribution >= 4 is 11.9 Å². The Balaban J connectivity index is 3.02. The molecule has 0 atom stereocenters. The molecule has 0 heterocycles. The summed E-state index contributed by atoms with van der Waals surface area (Å²) < 4.78 is 4.51. The summed E-state index contributed by atoms with van der Waals surface area (Å²) in [5.74, 6) is -1.76. The average molecular weight is 193 g/mol. The molecule has 0 saturated carbocycles. The van der Waals surface area contributed by atoms with Gasteiger partial charge in [0.05, 0.1) is 12.7 Å². The number of esters is 1. The van der Waals surface area contributed by atoms with Crippen LogP contribution in [0.2, 0.25) is 0 Å². The lowest BCUT2D eigenvalue weighted by atomic mass is 10.1. The lowest BCUT2D eigenvalue weighted by molar-refractivity contribution is -0.304. The molecule has 0 N–H and O–H groups in total. The highest BCUT2D eigenvalue weighted by atomic mass is 16.5. The Hall–Kier alpha value is -1.84. The van der Waals surface area contributed by atoms with E-state index >= 15 is 0 Å². The molecule has 0 bridgehead atoms. The SMILES string of the molecule is COC(=O)c1ccccc1CC(=O)[O-]. The minimum Gasteiger partial charge on any atom is -0.550 e. The number of carboxylic acid groups (broad SMARTS) is 1. The Kier molecular flexibility index (Phi) is 3.23. The number of methoxy groups -OCH3 is 1. The highest BCUT2D eigenvalue weighted by Gasteiger charge is 2.10. The Morgan fingerprint density at radius 1 is 1.36 bits per heavy atom. The van der Waals surface area contributed by atoms with E-state index in [-0.39, 0.29) is 12.0 Å². The van der Waals surface area contributed by atoms with E-state index in [0.717, 1.165) is 0 Å². The van der Waals surface area contributed by atoms with Crippen LogP contribution in [0.5, 0.6) is 0 Å². The van der Waals surface area contributed by atoms with Gasteiger partial charge < -0.3 is 14.6 Å². The molecule has 0 aliphatic heterocycles. The monoisotopic (exact) mass is 193 g/mol. The highest BCUT2D eigenvalue weighted by Crippen LogP contribution is 2.10. The van der Waals surface area contributed by atoms with Gasteiger partial charge in [-0.25, -0.2) is 4.79 Å². The Labute approximate surface area is 81.1 Å². The van der Waals surface area contributed by atoms with E-state index in [4.69, 9.17) is 0 Å². The largest absolute Gasteiger partial charge is 0.550 e. The summed E-state index contributed by atoms with van der Waals surface area (Å²) >= 11 is 0. The van der Waals surface area contributed by atoms with Gasteiger partial charge in [-0.05, 0) is 11.6 Å². The van der Waals surface area contributed by atoms with Gasteiger partial charge in [0, 0.05) is 12.4 Å². The number of hydrogen-bond acceptors (Lipinski definition) is 4. The standard InChI is InChI=1S/C10H10O4/c1-14-10(13)8-5-3-2-4-7(8)6-9(11)12/h2-5H,6H2,1H3,(H,11,12)/p-1. The molecular weight excluding hydrogens is 184 g/mol. The summed E-state index contributed by atoms with van der Waals surface area (Å²) in [4.78, 5) is 21.5. The normalized spacial score (nSPS) is 9.50. The van der Waals surface area contributed by atoms with Crippen molar-refractivity contribution in [3.05, 3.63) is 35.4 Å². The minimum absolute atomic E-state index is 0.263. The van der Waals surface area contributed by atoms with E-state index in [1.54, 1.807) is 18.2 Å². The molecule has 1 aromatic rings. The van der Waals surface area contributed by atoms with Crippen LogP contribution in [0.1, 0.15) is 15.9 Å². The van der Waals surface area contributed by atoms with Crippen LogP contribution in [0, 0.1) is 0 Å². The summed E-state index contributed by atoms with van der Waals surface area (Å²) in [5.41, 5.74) is 0.665. The van der Waals surface area contributed by atoms with E-state index in [9.17, 15) is 14.7 Å². The molecule has 74 valence electrons. The van der Waals surface area contributed by atoms with Crippen LogP contribution in [-0.2, 0) is 16.0 Å². The summed E-state index contributed by atoms with van der Waals surface area (Å²) in [6.45, 7) is 0. The van der Waals surface area contributed by atoms with Crippen LogP contribution >= 0.6 is 0 Å². The Morgan fingerprint density at radius 2 is 2.00 bits per heavy atom. The van der Waals surface area contributed by atoms with Gasteiger partial charge in [0.1, 0.15) is 0 Å². The van der Waals surface area contributed by atoms with Crippen molar-refractivity contribution in [2.75, 3.05) is 7.11 Å². The quantitative estimate of drug-likeness (QED) is 0.621. The van der Waals surface area contributed by atoms with Gasteiger partial charge in [-0.2, -0.15) is 0 Å². The van der Waals surface area contributed by atoms with Crippen molar-refractivity contribution in [2.24, 2.45) is 0 Å². The van der Waals surface area contributed by atoms with Crippen LogP contribution in [-0.4, -0.2) is 19.0 Å². The molecule has 1 aromatic carbocycles. The topological polar surface area (TPSA) is 66.4 Å². The predicted octanol–water partition coefficient (Wildman–Crippen LogP) is -0.234. The number of aliphatic carboxylic acids is 1. The average Bonchev–Trinajstić information content (AvgIpc) is 2.16. The van der Waals surface area contributed by atoms with E-state index in [0.29, 0.717) is 5.56 Å². The molecule has 0 radical (unpaired) electrons. The maximum absolute atomic E-state index is 11.2. The smallest absolute Gasteiger partial charge is 0.338 e. The number of rotatable bonds is 3. The number of hydrogen-bond donors (Lipinski definition) is 0. The molecular formula is C10H9O4-.